The number of carbonyl (C=O) groups is 3. The first kappa shape index (κ1) is 78.6. The molecule has 7 aromatic rings. The van der Waals surface area contributed by atoms with Crippen LogP contribution in [-0.4, -0.2) is 163 Å². The lowest BCUT2D eigenvalue weighted by atomic mass is 10.1. The molecule has 0 unspecified atom stereocenters. The first-order valence-electron chi connectivity index (χ1n) is 34.4. The summed E-state index contributed by atoms with van der Waals surface area (Å²) < 4.78 is 23.0. The molecule has 3 aromatic heterocycles. The molecule has 5 aliphatic heterocycles. The molecule has 0 bridgehead atoms. The second-order valence-corrected chi connectivity index (χ2v) is 26.9. The maximum absolute atomic E-state index is 12.4. The number of esters is 2. The molecule has 0 atom stereocenters. The lowest BCUT2D eigenvalue weighted by Crippen LogP contribution is -2.44. The zero-order valence-corrected chi connectivity index (χ0v) is 62.1. The lowest BCUT2D eigenvalue weighted by molar-refractivity contribution is -0.155. The number of nitrogens with two attached hydrogens (primary N) is 1. The van der Waals surface area contributed by atoms with Gasteiger partial charge in [-0.15, -0.1) is 0 Å². The number of hydrogen-bond donors (Lipinski definition) is 6. The Labute approximate surface area is 608 Å². The fourth-order valence-electron chi connectivity index (χ4n) is 11.7. The number of carbonyl (C=O) groups excluding carboxylic acids is 2. The Morgan fingerprint density at radius 2 is 0.943 bits per heavy atom. The Morgan fingerprint density at radius 3 is 1.39 bits per heavy atom. The van der Waals surface area contributed by atoms with Crippen LogP contribution in [0.5, 0.6) is 0 Å². The van der Waals surface area contributed by atoms with E-state index < -0.39 is 22.8 Å². The average Bonchev–Trinajstić information content (AvgIpc) is 0.778. The number of nitrogens with one attached hydrogen (secondary N) is 4. The van der Waals surface area contributed by atoms with Gasteiger partial charge in [0, 0.05) is 65.3 Å². The number of rotatable bonds is 21. The number of H-pyrrole nitrogens is 4. The van der Waals surface area contributed by atoms with Crippen molar-refractivity contribution in [1.29, 1.82) is 0 Å². The van der Waals surface area contributed by atoms with Gasteiger partial charge in [0.15, 0.2) is 45.0 Å². The molecule has 0 saturated carbocycles. The number of ether oxygens (including phenoxy) is 4. The van der Waals surface area contributed by atoms with E-state index >= 15 is 0 Å². The number of likely N-dealkylation sites (N-methyl/N-ethyl adjacent to an activating group) is 1. The SMILES string of the molecule is C=c1nc2c(c(=O)[nH]1)=Nc1cc(C)c(C)cc1N2CCN.C=c1nc2c(c(=O)[nH]1)=Nc1cc(C)c(C)cc1N2CCN(C)CC(=O)O.C=c1nc2c(c(=O)[nH]1)=Nc1cc(C)c(C)cc1N2CCOCCCC(=O)OC(C)(C)C.COC(=O)CCCOCCn1c2nc(=O)[nH]c(=O)c-2nc2cc(C)c(C)cc21. The van der Waals surface area contributed by atoms with Crippen LogP contribution in [0.25, 0.3) is 42.3 Å². The minimum Gasteiger partial charge on any atom is -0.480 e. The third-order valence-electron chi connectivity index (χ3n) is 17.5. The fourth-order valence-corrected chi connectivity index (χ4v) is 11.7. The maximum Gasteiger partial charge on any atom is 0.349 e. The molecule has 558 valence electrons. The molecule has 106 heavy (non-hydrogen) atoms. The van der Waals surface area contributed by atoms with Crippen molar-refractivity contribution in [3.8, 4) is 11.5 Å². The second kappa shape index (κ2) is 33.9. The van der Waals surface area contributed by atoms with Crippen LogP contribution >= 0.6 is 0 Å². The molecule has 7 N–H and O–H groups in total. The highest BCUT2D eigenvalue weighted by molar-refractivity contribution is 5.82. The minimum absolute atomic E-state index is 0.0613. The topological polar surface area (TPSA) is 402 Å². The van der Waals surface area contributed by atoms with Gasteiger partial charge in [-0.2, -0.15) is 4.98 Å². The van der Waals surface area contributed by atoms with Crippen molar-refractivity contribution in [2.24, 2.45) is 20.7 Å². The Bertz CT molecular complexity index is 5530. The van der Waals surface area contributed by atoms with Gasteiger partial charge in [-0.05, 0) is 189 Å². The number of nitrogens with zero attached hydrogens (tertiary/aromatic N) is 13. The molecule has 31 nitrogen and oxygen atoms in total. The van der Waals surface area contributed by atoms with Gasteiger partial charge in [-0.3, -0.25) is 43.4 Å². The van der Waals surface area contributed by atoms with E-state index in [1.54, 1.807) is 16.5 Å². The third kappa shape index (κ3) is 19.1. The second-order valence-electron chi connectivity index (χ2n) is 26.9. The van der Waals surface area contributed by atoms with Crippen molar-refractivity contribution in [2.45, 2.75) is 114 Å². The Morgan fingerprint density at radius 1 is 0.528 bits per heavy atom. The zero-order chi connectivity index (χ0) is 77.2. The molecule has 8 heterocycles. The minimum atomic E-state index is -0.886. The molecule has 31 heteroatoms. The van der Waals surface area contributed by atoms with E-state index in [0.29, 0.717) is 131 Å². The number of benzene rings is 4. The first-order valence-corrected chi connectivity index (χ1v) is 34.4. The van der Waals surface area contributed by atoms with E-state index in [0.717, 1.165) is 78.5 Å². The standard InChI is InChI=1S/C23H30N4O4.C19H22N4O5.C18H21N5O3.C15H17N5O/c1-14-12-17-18(13-15(14)2)27(21-20(26-17)22(29)25-16(3)24-21)9-11-30-10-7-8-19(28)31-23(4,5)6;1-11-9-13-14(10-12(11)2)23(6-8-28-7-4-5-15(24)27-3)17-16(20-13)18(25)22-19(26)21-17;1-10-7-13-14(8-11(10)2)23(6-5-22(4)9-15(24)25)17-16(21-13)18(26)20-12(3)19-17;1-8-6-11-12(7-9(8)2)20(5-4-16)14-13(19-11)15(21)18-10(3)17-14/h12-13H,3,7-11H2,1-2,4-6H3,(H,25,29);9-10H,4-8H2,1-3H3,(H,22,25,26);7-8H,3,5-6,9H2,1-2,4H3,(H,20,26)(H,24,25);6-7H,3-5,16H2,1-2H3,(H,18,21). The Kier molecular flexibility index (Phi) is 25.2. The summed E-state index contributed by atoms with van der Waals surface area (Å²) in [5.74, 6) is 0.269. The number of fused-ring (bicyclic) bond motifs is 8. The Hall–Kier alpha value is -11.5. The number of carboxylic acid groups (broad SMARTS) is 1. The predicted octanol–water partition coefficient (Wildman–Crippen LogP) is 3.88. The van der Waals surface area contributed by atoms with Gasteiger partial charge < -0.3 is 64.0 Å². The Balaban J connectivity index is 0.000000165. The molecule has 0 fully saturated rings. The normalized spacial score (nSPS) is 12.3. The van der Waals surface area contributed by atoms with Gasteiger partial charge >= 0.3 is 23.6 Å². The quantitative estimate of drug-likeness (QED) is 0.0337. The summed E-state index contributed by atoms with van der Waals surface area (Å²) in [5.41, 5.74) is 19.1. The molecule has 12 rings (SSSR count). The van der Waals surface area contributed by atoms with Crippen LogP contribution in [0.3, 0.4) is 0 Å². The molecule has 0 aliphatic carbocycles. The van der Waals surface area contributed by atoms with E-state index in [2.05, 4.69) is 90.4 Å². The summed E-state index contributed by atoms with van der Waals surface area (Å²) in [7, 11) is 3.09. The summed E-state index contributed by atoms with van der Waals surface area (Å²) in [6.07, 6.45) is 1.73. The number of aliphatic carboxylic acids is 1. The van der Waals surface area contributed by atoms with E-state index in [1.807, 2.05) is 133 Å². The molecular formula is C75H90N18O13. The number of carboxylic acids is 1. The molecule has 0 amide bonds. The van der Waals surface area contributed by atoms with Crippen LogP contribution in [0, 0.1) is 55.4 Å². The van der Waals surface area contributed by atoms with Crippen molar-refractivity contribution in [3.05, 3.63) is 177 Å². The van der Waals surface area contributed by atoms with Crippen molar-refractivity contribution < 1.29 is 38.4 Å². The monoisotopic (exact) mass is 1450 g/mol. The van der Waals surface area contributed by atoms with Gasteiger partial charge in [0.1, 0.15) is 22.0 Å². The van der Waals surface area contributed by atoms with E-state index in [4.69, 9.17) is 25.1 Å². The van der Waals surface area contributed by atoms with Crippen LogP contribution < -0.4 is 80.9 Å². The number of hydrogen-bond acceptors (Lipinski definition) is 25. The number of aryl methyl sites for hydroxylation is 8. The highest BCUT2D eigenvalue weighted by Gasteiger charge is 2.28. The summed E-state index contributed by atoms with van der Waals surface area (Å²) in [4.78, 5) is 147. The highest BCUT2D eigenvalue weighted by atomic mass is 16.6. The van der Waals surface area contributed by atoms with Gasteiger partial charge in [0.05, 0.1) is 72.0 Å². The summed E-state index contributed by atoms with van der Waals surface area (Å²) in [6, 6.07) is 15.9. The number of methoxy groups -OCH3 is 1. The van der Waals surface area contributed by atoms with E-state index in [9.17, 15) is 38.4 Å². The molecule has 0 saturated heterocycles. The average molecular weight is 1450 g/mol. The van der Waals surface area contributed by atoms with Crippen LogP contribution in [-0.2, 0) is 39.9 Å². The number of aromatic nitrogens is 10. The van der Waals surface area contributed by atoms with Gasteiger partial charge in [-0.1, -0.05) is 19.7 Å². The third-order valence-corrected chi connectivity index (χ3v) is 17.5. The molecule has 4 aromatic carbocycles. The summed E-state index contributed by atoms with van der Waals surface area (Å²) in [5, 5.41) is 9.77. The fraction of sp³-hybridized carbons (Fsp3) is 0.387. The zero-order valence-electron chi connectivity index (χ0n) is 62.1. The van der Waals surface area contributed by atoms with Crippen molar-refractivity contribution in [2.75, 3.05) is 94.6 Å². The molecule has 5 aliphatic rings. The van der Waals surface area contributed by atoms with Crippen molar-refractivity contribution in [3.63, 3.8) is 0 Å². The summed E-state index contributed by atoms with van der Waals surface area (Å²) >= 11 is 0. The summed E-state index contributed by atoms with van der Waals surface area (Å²) in [6.45, 7) is 37.2. The van der Waals surface area contributed by atoms with E-state index in [1.165, 1.54) is 7.11 Å². The van der Waals surface area contributed by atoms with Crippen LogP contribution in [0.4, 0.5) is 51.6 Å². The molecular weight excluding hydrogens is 1360 g/mol. The lowest BCUT2D eigenvalue weighted by Gasteiger charge is -2.30. The van der Waals surface area contributed by atoms with E-state index in [-0.39, 0.29) is 68.4 Å². The van der Waals surface area contributed by atoms with Crippen LogP contribution in [0.15, 0.2) is 87.5 Å². The molecule has 0 spiro atoms. The van der Waals surface area contributed by atoms with Crippen molar-refractivity contribution in [1.82, 2.24) is 54.3 Å². The van der Waals surface area contributed by atoms with Gasteiger partial charge in [0.25, 0.3) is 22.2 Å². The van der Waals surface area contributed by atoms with Crippen LogP contribution in [0.2, 0.25) is 0 Å². The maximum atomic E-state index is 12.4. The molecule has 0 radical (unpaired) electrons. The van der Waals surface area contributed by atoms with Gasteiger partial charge in [0.2, 0.25) is 0 Å². The number of aromatic amines is 4. The first-order chi connectivity index (χ1) is 50.2. The largest absolute Gasteiger partial charge is 0.480 e. The highest BCUT2D eigenvalue weighted by Crippen LogP contribution is 2.39. The smallest absolute Gasteiger partial charge is 0.349 e. The van der Waals surface area contributed by atoms with Crippen LogP contribution in [0.1, 0.15) is 91.0 Å². The van der Waals surface area contributed by atoms with Gasteiger partial charge in [-0.25, -0.2) is 39.7 Å². The number of anilines is 6. The van der Waals surface area contributed by atoms with Crippen molar-refractivity contribution >= 4 is 100 Å². The predicted molar refractivity (Wildman–Crippen MR) is 404 cm³/mol.